The first-order valence-electron chi connectivity index (χ1n) is 3.55. The minimum Gasteiger partial charge on any atom is -0.411 e. The molecule has 0 spiro atoms. The Kier molecular flexibility index (Phi) is 3.79. The third kappa shape index (κ3) is 2.75. The van der Waals surface area contributed by atoms with Crippen molar-refractivity contribution in [1.82, 2.24) is 3.11 Å². The van der Waals surface area contributed by atoms with E-state index in [1.54, 1.807) is 6.07 Å². The van der Waals surface area contributed by atoms with E-state index in [1.807, 2.05) is 47.3 Å². The van der Waals surface area contributed by atoms with Gasteiger partial charge in [-0.05, 0) is 6.07 Å². The molecule has 0 heterocycles. The summed E-state index contributed by atoms with van der Waals surface area (Å²) in [4.78, 5) is 4.65. The molecule has 1 aromatic rings. The molecule has 1 rings (SSSR count). The zero-order chi connectivity index (χ0) is 9.68. The first-order chi connectivity index (χ1) is 6.27. The molecule has 0 amide bonds. The highest BCUT2D eigenvalue weighted by molar-refractivity contribution is 14.1. The standard InChI is InChI=1S/C8H8IN3O/c9-12(6-10)5-7-3-1-2-4-8(7)13-11/h1-4H,5,11H2. The molecule has 0 aliphatic carbocycles. The quantitative estimate of drug-likeness (QED) is 0.302. The van der Waals surface area contributed by atoms with Crippen LogP contribution in [0.3, 0.4) is 0 Å². The van der Waals surface area contributed by atoms with E-state index in [0.29, 0.717) is 12.3 Å². The van der Waals surface area contributed by atoms with Gasteiger partial charge in [-0.1, -0.05) is 18.2 Å². The largest absolute Gasteiger partial charge is 0.411 e. The molecule has 0 aromatic heterocycles. The smallest absolute Gasteiger partial charge is 0.189 e. The topological polar surface area (TPSA) is 62.3 Å². The van der Waals surface area contributed by atoms with Crippen LogP contribution in [0.15, 0.2) is 24.3 Å². The molecule has 0 fully saturated rings. The SMILES string of the molecule is N#CN(I)Cc1ccccc1ON. The van der Waals surface area contributed by atoms with E-state index in [1.165, 1.54) is 3.11 Å². The summed E-state index contributed by atoms with van der Waals surface area (Å²) < 4.78 is 1.47. The second kappa shape index (κ2) is 4.89. The molecule has 0 saturated heterocycles. The summed E-state index contributed by atoms with van der Waals surface area (Å²) in [5, 5.41) is 8.56. The number of rotatable bonds is 3. The molecule has 0 bridgehead atoms. The van der Waals surface area contributed by atoms with Crippen LogP contribution in [-0.2, 0) is 6.54 Å². The Hall–Kier alpha value is -1.00. The second-order valence-corrected chi connectivity index (χ2v) is 3.51. The third-order valence-electron chi connectivity index (χ3n) is 1.52. The van der Waals surface area contributed by atoms with Gasteiger partial charge in [0.25, 0.3) is 0 Å². The Labute approximate surface area is 90.3 Å². The fourth-order valence-electron chi connectivity index (χ4n) is 0.934. The Balaban J connectivity index is 2.82. The molecule has 1 aromatic carbocycles. The van der Waals surface area contributed by atoms with Crippen LogP contribution in [0, 0.1) is 11.5 Å². The lowest BCUT2D eigenvalue weighted by molar-refractivity contribution is 0.329. The highest BCUT2D eigenvalue weighted by Crippen LogP contribution is 2.19. The van der Waals surface area contributed by atoms with Gasteiger partial charge >= 0.3 is 0 Å². The molecule has 4 nitrogen and oxygen atoms in total. The van der Waals surface area contributed by atoms with Crippen molar-refractivity contribution in [2.45, 2.75) is 6.54 Å². The van der Waals surface area contributed by atoms with Gasteiger partial charge in [0.1, 0.15) is 0 Å². The van der Waals surface area contributed by atoms with Gasteiger partial charge in [0, 0.05) is 5.56 Å². The van der Waals surface area contributed by atoms with Crippen molar-refractivity contribution in [3.05, 3.63) is 29.8 Å². The van der Waals surface area contributed by atoms with Crippen molar-refractivity contribution in [3.63, 3.8) is 0 Å². The fraction of sp³-hybridized carbons (Fsp3) is 0.125. The molecule has 0 aliphatic rings. The lowest BCUT2D eigenvalue weighted by atomic mass is 10.2. The van der Waals surface area contributed by atoms with E-state index in [4.69, 9.17) is 11.2 Å². The van der Waals surface area contributed by atoms with Crippen molar-refractivity contribution >= 4 is 22.9 Å². The van der Waals surface area contributed by atoms with Crippen LogP contribution in [0.1, 0.15) is 5.56 Å². The third-order valence-corrected chi connectivity index (χ3v) is 2.07. The van der Waals surface area contributed by atoms with E-state index in [0.717, 1.165) is 5.56 Å². The zero-order valence-electron chi connectivity index (χ0n) is 6.77. The van der Waals surface area contributed by atoms with Crippen molar-refractivity contribution in [1.29, 1.82) is 5.26 Å². The van der Waals surface area contributed by atoms with Gasteiger partial charge in [0.2, 0.25) is 0 Å². The first kappa shape index (κ1) is 10.1. The molecular formula is C8H8IN3O. The average molecular weight is 289 g/mol. The summed E-state index contributed by atoms with van der Waals surface area (Å²) in [5.41, 5.74) is 0.890. The van der Waals surface area contributed by atoms with E-state index in [2.05, 4.69) is 4.84 Å². The number of halogens is 1. The first-order valence-corrected chi connectivity index (χ1v) is 4.52. The average Bonchev–Trinajstić information content (AvgIpc) is 2.18. The van der Waals surface area contributed by atoms with Crippen molar-refractivity contribution in [3.8, 4) is 11.9 Å². The van der Waals surface area contributed by atoms with Crippen molar-refractivity contribution in [2.75, 3.05) is 0 Å². The molecule has 68 valence electrons. The summed E-state index contributed by atoms with van der Waals surface area (Å²) in [5.74, 6) is 5.66. The number of nitrogens with two attached hydrogens (primary N) is 1. The number of para-hydroxylation sites is 1. The van der Waals surface area contributed by atoms with Gasteiger partial charge < -0.3 is 4.84 Å². The second-order valence-electron chi connectivity index (χ2n) is 2.35. The molecule has 0 unspecified atom stereocenters. The Morgan fingerprint density at radius 1 is 1.54 bits per heavy atom. The minimum absolute atomic E-state index is 0.491. The predicted molar refractivity (Wildman–Crippen MR) is 56.4 cm³/mol. The Morgan fingerprint density at radius 3 is 2.85 bits per heavy atom. The number of benzene rings is 1. The summed E-state index contributed by atoms with van der Waals surface area (Å²) in [6, 6.07) is 7.33. The number of nitriles is 1. The van der Waals surface area contributed by atoms with Crippen LogP contribution in [0.2, 0.25) is 0 Å². The van der Waals surface area contributed by atoms with Crippen molar-refractivity contribution in [2.24, 2.45) is 5.90 Å². The zero-order valence-corrected chi connectivity index (χ0v) is 8.93. The minimum atomic E-state index is 0.491. The highest BCUT2D eigenvalue weighted by Gasteiger charge is 2.04. The molecule has 13 heavy (non-hydrogen) atoms. The normalized spacial score (nSPS) is 9.00. The fourth-order valence-corrected chi connectivity index (χ4v) is 1.30. The lowest BCUT2D eigenvalue weighted by Gasteiger charge is -2.09. The van der Waals surface area contributed by atoms with Gasteiger partial charge in [-0.15, -0.1) is 0 Å². The summed E-state index contributed by atoms with van der Waals surface area (Å²) in [6.45, 7) is 0.491. The van der Waals surface area contributed by atoms with Gasteiger partial charge in [-0.25, -0.2) is 3.11 Å². The number of hydrogen-bond donors (Lipinski definition) is 1. The maximum Gasteiger partial charge on any atom is 0.189 e. The van der Waals surface area contributed by atoms with Gasteiger partial charge in [0.15, 0.2) is 11.9 Å². The van der Waals surface area contributed by atoms with Crippen LogP contribution < -0.4 is 10.7 Å². The molecule has 0 aliphatic heterocycles. The maximum absolute atomic E-state index is 8.56. The molecule has 2 N–H and O–H groups in total. The molecule has 0 radical (unpaired) electrons. The van der Waals surface area contributed by atoms with E-state index >= 15 is 0 Å². The Bertz CT molecular complexity index is 323. The molecular weight excluding hydrogens is 281 g/mol. The van der Waals surface area contributed by atoms with Gasteiger partial charge in [0.05, 0.1) is 29.4 Å². The number of hydrogen-bond acceptors (Lipinski definition) is 4. The summed E-state index contributed by atoms with van der Waals surface area (Å²) >= 11 is 1.92. The summed E-state index contributed by atoms with van der Waals surface area (Å²) in [6.07, 6.45) is 1.99. The van der Waals surface area contributed by atoms with Crippen LogP contribution >= 0.6 is 22.9 Å². The number of nitrogens with zero attached hydrogens (tertiary/aromatic N) is 2. The molecule has 0 atom stereocenters. The van der Waals surface area contributed by atoms with Crippen molar-refractivity contribution < 1.29 is 4.84 Å². The summed E-state index contributed by atoms with van der Waals surface area (Å²) in [7, 11) is 0. The monoisotopic (exact) mass is 289 g/mol. The maximum atomic E-state index is 8.56. The van der Waals surface area contributed by atoms with Gasteiger partial charge in [-0.3, -0.25) is 0 Å². The van der Waals surface area contributed by atoms with Crippen LogP contribution in [-0.4, -0.2) is 3.11 Å². The van der Waals surface area contributed by atoms with E-state index < -0.39 is 0 Å². The molecule has 5 heteroatoms. The predicted octanol–water partition coefficient (Wildman–Crippen LogP) is 1.57. The van der Waals surface area contributed by atoms with Crippen LogP contribution in [0.25, 0.3) is 0 Å². The lowest BCUT2D eigenvalue weighted by Crippen LogP contribution is -2.08. The van der Waals surface area contributed by atoms with Gasteiger partial charge in [-0.2, -0.15) is 11.2 Å². The van der Waals surface area contributed by atoms with E-state index in [-0.39, 0.29) is 0 Å². The van der Waals surface area contributed by atoms with Crippen LogP contribution in [0.5, 0.6) is 5.75 Å². The molecule has 0 saturated carbocycles. The highest BCUT2D eigenvalue weighted by atomic mass is 127. The van der Waals surface area contributed by atoms with E-state index in [9.17, 15) is 0 Å². The van der Waals surface area contributed by atoms with Crippen LogP contribution in [0.4, 0.5) is 0 Å². The Morgan fingerprint density at radius 2 is 2.23 bits per heavy atom.